The Morgan fingerprint density at radius 1 is 1.22 bits per heavy atom. The molecule has 1 fully saturated rings. The zero-order valence-electron chi connectivity index (χ0n) is 8.97. The van der Waals surface area contributed by atoms with Crippen LogP contribution in [0.5, 0.6) is 0 Å². The predicted molar refractivity (Wildman–Crippen MR) is 50.7 cm³/mol. The molecule has 0 amide bonds. The van der Waals surface area contributed by atoms with Gasteiger partial charge in [-0.05, 0) is 25.7 Å². The number of hydrogen-bond donors (Lipinski definition) is 0. The Hall–Kier alpha value is -1.33. The van der Waals surface area contributed by atoms with E-state index in [0.29, 0.717) is 5.92 Å². The number of methoxy groups -OCH3 is 1. The third-order valence-electron chi connectivity index (χ3n) is 1.08. The van der Waals surface area contributed by atoms with Gasteiger partial charge in [-0.2, -0.15) is 0 Å². The number of ether oxygens (including phenoxy) is 1. The van der Waals surface area contributed by atoms with Crippen LogP contribution in [0.15, 0.2) is 0 Å². The fourth-order valence-corrected chi connectivity index (χ4v) is 0.628. The molecule has 8 nitrogen and oxygen atoms in total. The van der Waals surface area contributed by atoms with Gasteiger partial charge >= 0.3 is 45.6 Å². The van der Waals surface area contributed by atoms with E-state index in [1.165, 1.54) is 7.11 Å². The minimum absolute atomic E-state index is 0. The molecule has 0 spiro atoms. The van der Waals surface area contributed by atoms with Crippen molar-refractivity contribution in [2.45, 2.75) is 0 Å². The molecular formula is C9H7FeNO7+2. The predicted octanol–water partition coefficient (Wildman–Crippen LogP) is 0.248. The number of nitrogens with zero attached hydrogens (tertiary/aromatic N) is 1. The van der Waals surface area contributed by atoms with Crippen LogP contribution in [0, 0.1) is 60.2 Å². The summed E-state index contributed by atoms with van der Waals surface area (Å²) in [6, 6.07) is 0. The van der Waals surface area contributed by atoms with Crippen LogP contribution in [0.1, 0.15) is 0 Å². The average Bonchev–Trinajstić information content (AvgIpc) is 2.86. The molecule has 96 valence electrons. The molecule has 6 radical (unpaired) electrons. The van der Waals surface area contributed by atoms with E-state index in [4.69, 9.17) is 24.6 Å². The molecule has 1 saturated carbocycles. The maximum Gasteiger partial charge on any atom is 3.00 e. The normalized spacial score (nSPS) is 11.6. The minimum atomic E-state index is -1.75. The molecule has 0 bridgehead atoms. The van der Waals surface area contributed by atoms with Crippen molar-refractivity contribution in [3.8, 4) is 0 Å². The molecule has 0 N–H and O–H groups in total. The standard InChI is InChI=1S/C7H7O2.2CO.Fe.NO3/c1-9-7(8)6-4-2-3-5-6;2*1-2;;2-1(3)4/h2-5H,1H3;;;;/q;;;+3;-1. The van der Waals surface area contributed by atoms with Gasteiger partial charge in [-0.1, -0.05) is 0 Å². The fraction of sp³-hybridized carbons (Fsp3) is 0.111. The second kappa shape index (κ2) is 21.0. The van der Waals surface area contributed by atoms with Gasteiger partial charge in [-0.15, -0.1) is 0 Å². The van der Waals surface area contributed by atoms with Crippen LogP contribution in [0.4, 0.5) is 0 Å². The number of rotatable bonds is 1. The number of carbonyl (C=O) groups excluding carboxylic acids is 1. The van der Waals surface area contributed by atoms with Crippen molar-refractivity contribution in [1.82, 2.24) is 0 Å². The molecule has 0 atom stereocenters. The summed E-state index contributed by atoms with van der Waals surface area (Å²) in [5.41, 5.74) is 0. The topological polar surface area (TPSA) is 132 Å². The van der Waals surface area contributed by atoms with Crippen LogP contribution >= 0.6 is 0 Å². The second-order valence-corrected chi connectivity index (χ2v) is 1.89. The maximum atomic E-state index is 10.7. The molecule has 1 aliphatic carbocycles. The Morgan fingerprint density at radius 3 is 1.72 bits per heavy atom. The van der Waals surface area contributed by atoms with Crippen molar-refractivity contribution in [1.29, 1.82) is 0 Å². The van der Waals surface area contributed by atoms with E-state index < -0.39 is 5.09 Å². The van der Waals surface area contributed by atoms with Crippen molar-refractivity contribution >= 4 is 5.97 Å². The number of carbonyl (C=O) groups is 1. The van der Waals surface area contributed by atoms with Gasteiger partial charge in [0.05, 0.1) is 18.1 Å². The largest absolute Gasteiger partial charge is 3.00 e. The maximum absolute atomic E-state index is 10.7. The Labute approximate surface area is 115 Å². The van der Waals surface area contributed by atoms with Gasteiger partial charge in [-0.25, -0.2) is 0 Å². The van der Waals surface area contributed by atoms with Gasteiger partial charge in [0, 0.05) is 0 Å². The molecule has 0 aromatic carbocycles. The number of hydrogen-bond acceptors (Lipinski definition) is 5. The van der Waals surface area contributed by atoms with E-state index in [1.807, 2.05) is 0 Å². The molecule has 0 aromatic heterocycles. The van der Waals surface area contributed by atoms with Crippen molar-refractivity contribution in [3.05, 3.63) is 60.2 Å². The van der Waals surface area contributed by atoms with Gasteiger partial charge in [0.25, 0.3) is 0 Å². The summed E-state index contributed by atoms with van der Waals surface area (Å²) >= 11 is 0. The summed E-state index contributed by atoms with van der Waals surface area (Å²) in [5.74, 6) is 0.331. The average molecular weight is 297 g/mol. The third-order valence-corrected chi connectivity index (χ3v) is 1.08. The quantitative estimate of drug-likeness (QED) is 0.171. The van der Waals surface area contributed by atoms with E-state index in [-0.39, 0.29) is 23.0 Å². The molecule has 0 saturated heterocycles. The first-order valence-electron chi connectivity index (χ1n) is 3.60. The van der Waals surface area contributed by atoms with Gasteiger partial charge in [-0.3, -0.25) is 4.79 Å². The Balaban J connectivity index is -0.0000000937. The molecular weight excluding hydrogens is 290 g/mol. The first kappa shape index (κ1) is 25.5. The molecule has 1 rings (SSSR count). The monoisotopic (exact) mass is 297 g/mol. The van der Waals surface area contributed by atoms with Crippen LogP contribution in [0.2, 0.25) is 0 Å². The van der Waals surface area contributed by atoms with E-state index in [2.05, 4.69) is 18.0 Å². The molecule has 0 aliphatic heterocycles. The first-order valence-corrected chi connectivity index (χ1v) is 3.60. The molecule has 0 heterocycles. The van der Waals surface area contributed by atoms with E-state index in [9.17, 15) is 4.79 Å². The van der Waals surface area contributed by atoms with Gasteiger partial charge in [0.1, 0.15) is 0 Å². The Kier molecular flexibility index (Phi) is 29.8. The summed E-state index contributed by atoms with van der Waals surface area (Å²) in [6.07, 6.45) is 7.02. The Bertz CT molecular complexity index is 238. The van der Waals surface area contributed by atoms with Crippen molar-refractivity contribution in [2.75, 3.05) is 7.11 Å². The van der Waals surface area contributed by atoms with Crippen LogP contribution in [-0.4, -0.2) is 18.2 Å². The van der Waals surface area contributed by atoms with Gasteiger partial charge in [0.2, 0.25) is 0 Å². The van der Waals surface area contributed by atoms with E-state index in [0.717, 1.165) is 0 Å². The summed E-state index contributed by atoms with van der Waals surface area (Å²) in [7, 11) is 1.37. The molecule has 0 unspecified atom stereocenters. The second-order valence-electron chi connectivity index (χ2n) is 1.89. The van der Waals surface area contributed by atoms with Crippen molar-refractivity contribution in [2.24, 2.45) is 0 Å². The summed E-state index contributed by atoms with van der Waals surface area (Å²) in [5, 5.41) is 14.8. The van der Waals surface area contributed by atoms with Crippen molar-refractivity contribution in [3.63, 3.8) is 0 Å². The Morgan fingerprint density at radius 2 is 1.50 bits per heavy atom. The summed E-state index contributed by atoms with van der Waals surface area (Å²) < 4.78 is 19.5. The molecule has 18 heavy (non-hydrogen) atoms. The summed E-state index contributed by atoms with van der Waals surface area (Å²) in [4.78, 5) is 18.9. The summed E-state index contributed by atoms with van der Waals surface area (Å²) in [6.45, 7) is 9.00. The molecule has 1 aliphatic rings. The van der Waals surface area contributed by atoms with E-state index in [1.54, 1.807) is 25.7 Å². The van der Waals surface area contributed by atoms with Crippen LogP contribution in [-0.2, 0) is 35.9 Å². The SMILES string of the molecule is COC(=O)[C]1[CH][CH][CH][CH]1.O=[N+]([O-])[O-].[C-]#[O+].[C-]#[O+].[Fe+3]. The van der Waals surface area contributed by atoms with Crippen LogP contribution < -0.4 is 0 Å². The third kappa shape index (κ3) is 20.1. The van der Waals surface area contributed by atoms with Gasteiger partial charge < -0.3 is 20.1 Å². The number of esters is 1. The zero-order valence-corrected chi connectivity index (χ0v) is 10.1. The van der Waals surface area contributed by atoms with Crippen LogP contribution in [0.25, 0.3) is 0 Å². The minimum Gasteiger partial charge on any atom is 3.00 e. The smallest absolute Gasteiger partial charge is 3.00 e. The first-order chi connectivity index (χ1) is 8.07. The van der Waals surface area contributed by atoms with Crippen molar-refractivity contribution < 1.29 is 41.0 Å². The fourth-order valence-electron chi connectivity index (χ4n) is 0.628. The van der Waals surface area contributed by atoms with E-state index >= 15 is 0 Å². The molecule has 9 heteroatoms. The van der Waals surface area contributed by atoms with Crippen LogP contribution in [0.3, 0.4) is 0 Å². The molecule has 0 aromatic rings. The zero-order chi connectivity index (χ0) is 14.3. The van der Waals surface area contributed by atoms with Gasteiger partial charge in [0.15, 0.2) is 0 Å².